The van der Waals surface area contributed by atoms with Crippen molar-refractivity contribution in [2.45, 2.75) is 18.6 Å². The lowest BCUT2D eigenvalue weighted by Gasteiger charge is -2.37. The van der Waals surface area contributed by atoms with Crippen molar-refractivity contribution < 1.29 is 19.1 Å². The molecule has 0 bridgehead atoms. The summed E-state index contributed by atoms with van der Waals surface area (Å²) in [4.78, 5) is 26.0. The van der Waals surface area contributed by atoms with Crippen molar-refractivity contribution in [3.63, 3.8) is 0 Å². The first-order valence-electron chi connectivity index (χ1n) is 7.67. The summed E-state index contributed by atoms with van der Waals surface area (Å²) in [6, 6.07) is 7.06. The fourth-order valence-corrected chi connectivity index (χ4v) is 3.28. The molecule has 0 aliphatic carbocycles. The van der Waals surface area contributed by atoms with Crippen LogP contribution in [0.2, 0.25) is 0 Å². The normalized spacial score (nSPS) is 19.8. The van der Waals surface area contributed by atoms with Gasteiger partial charge >= 0.3 is 0 Å². The molecule has 0 unspecified atom stereocenters. The third-order valence-electron chi connectivity index (χ3n) is 4.18. The highest BCUT2D eigenvalue weighted by Gasteiger charge is 2.40. The summed E-state index contributed by atoms with van der Waals surface area (Å²) >= 11 is 3.32. The quantitative estimate of drug-likeness (QED) is 0.860. The summed E-state index contributed by atoms with van der Waals surface area (Å²) in [5.74, 6) is -0.826. The predicted octanol–water partition coefficient (Wildman–Crippen LogP) is 1.54. The van der Waals surface area contributed by atoms with E-state index in [0.29, 0.717) is 44.7 Å². The van der Waals surface area contributed by atoms with Crippen LogP contribution in [0.4, 0.5) is 0 Å². The molecule has 6 nitrogen and oxygen atoms in total. The van der Waals surface area contributed by atoms with Crippen molar-refractivity contribution in [2.24, 2.45) is 0 Å². The average Bonchev–Trinajstić information content (AvgIpc) is 3.01. The fourth-order valence-electron chi connectivity index (χ4n) is 2.88. The minimum absolute atomic E-state index is 0.0000605. The second-order valence-electron chi connectivity index (χ2n) is 5.68. The third kappa shape index (κ3) is 3.91. The number of rotatable bonds is 3. The lowest BCUT2D eigenvalue weighted by molar-refractivity contribution is -0.187. The Kier molecular flexibility index (Phi) is 4.99. The van der Waals surface area contributed by atoms with Crippen LogP contribution in [0.1, 0.15) is 23.2 Å². The molecule has 2 aliphatic rings. The monoisotopic (exact) mass is 382 g/mol. The number of hydrogen-bond donors (Lipinski definition) is 1. The van der Waals surface area contributed by atoms with Crippen LogP contribution in [0.25, 0.3) is 0 Å². The number of ether oxygens (including phenoxy) is 2. The van der Waals surface area contributed by atoms with Gasteiger partial charge in [0, 0.05) is 36.0 Å². The van der Waals surface area contributed by atoms with Gasteiger partial charge in [0.15, 0.2) is 5.79 Å². The molecule has 1 aromatic carbocycles. The van der Waals surface area contributed by atoms with Crippen LogP contribution < -0.4 is 5.32 Å². The Morgan fingerprint density at radius 2 is 1.91 bits per heavy atom. The minimum atomic E-state index is -0.490. The highest BCUT2D eigenvalue weighted by atomic mass is 79.9. The first kappa shape index (κ1) is 16.4. The van der Waals surface area contributed by atoms with Gasteiger partial charge in [-0.1, -0.05) is 22.0 Å². The molecule has 2 amide bonds. The molecular weight excluding hydrogens is 364 g/mol. The van der Waals surface area contributed by atoms with Crippen LogP contribution in [0.15, 0.2) is 28.7 Å². The van der Waals surface area contributed by atoms with Crippen molar-refractivity contribution in [3.8, 4) is 0 Å². The number of amides is 2. The number of hydrogen-bond acceptors (Lipinski definition) is 4. The zero-order valence-corrected chi connectivity index (χ0v) is 14.3. The first-order chi connectivity index (χ1) is 11.1. The Morgan fingerprint density at radius 1 is 1.22 bits per heavy atom. The van der Waals surface area contributed by atoms with Gasteiger partial charge in [-0.25, -0.2) is 0 Å². The van der Waals surface area contributed by atoms with Crippen molar-refractivity contribution in [1.82, 2.24) is 10.2 Å². The number of carbonyl (C=O) groups is 2. The smallest absolute Gasteiger partial charge is 0.251 e. The molecule has 23 heavy (non-hydrogen) atoms. The molecule has 0 aromatic heterocycles. The molecule has 7 heteroatoms. The third-order valence-corrected chi connectivity index (χ3v) is 4.67. The molecule has 3 rings (SSSR count). The highest BCUT2D eigenvalue weighted by Crippen LogP contribution is 2.31. The van der Waals surface area contributed by atoms with Gasteiger partial charge in [-0.05, 0) is 18.2 Å². The van der Waals surface area contributed by atoms with Crippen LogP contribution >= 0.6 is 15.9 Å². The molecule has 0 radical (unpaired) electrons. The molecule has 2 aliphatic heterocycles. The van der Waals surface area contributed by atoms with Gasteiger partial charge in [-0.15, -0.1) is 0 Å². The maximum Gasteiger partial charge on any atom is 0.251 e. The molecule has 0 saturated carbocycles. The van der Waals surface area contributed by atoms with Gasteiger partial charge in [0.25, 0.3) is 5.91 Å². The maximum atomic E-state index is 12.2. The number of halogens is 1. The standard InChI is InChI=1S/C16H19BrN2O4/c17-13-3-1-2-12(10-13)15(21)18-11-14(20)19-6-4-16(5-7-19)22-8-9-23-16/h1-3,10H,4-9,11H2,(H,18,21). The molecule has 1 N–H and O–H groups in total. The molecule has 2 fully saturated rings. The zero-order chi connectivity index (χ0) is 16.3. The second-order valence-corrected chi connectivity index (χ2v) is 6.60. The van der Waals surface area contributed by atoms with E-state index in [1.54, 1.807) is 23.1 Å². The number of benzene rings is 1. The molecule has 124 valence electrons. The Hall–Kier alpha value is -1.44. The maximum absolute atomic E-state index is 12.2. The summed E-state index contributed by atoms with van der Waals surface area (Å²) in [5.41, 5.74) is 0.525. The lowest BCUT2D eigenvalue weighted by atomic mass is 10.0. The second kappa shape index (κ2) is 6.98. The first-order valence-corrected chi connectivity index (χ1v) is 8.47. The minimum Gasteiger partial charge on any atom is -0.347 e. The summed E-state index contributed by atoms with van der Waals surface area (Å²) in [6.45, 7) is 2.42. The molecular formula is C16H19BrN2O4. The number of likely N-dealkylation sites (tertiary alicyclic amines) is 1. The number of nitrogens with zero attached hydrogens (tertiary/aromatic N) is 1. The van der Waals surface area contributed by atoms with E-state index in [-0.39, 0.29) is 18.4 Å². The van der Waals surface area contributed by atoms with Gasteiger partial charge in [-0.3, -0.25) is 9.59 Å². The average molecular weight is 383 g/mol. The van der Waals surface area contributed by atoms with Crippen LogP contribution in [-0.2, 0) is 14.3 Å². The van der Waals surface area contributed by atoms with E-state index in [0.717, 1.165) is 4.47 Å². The van der Waals surface area contributed by atoms with Gasteiger partial charge < -0.3 is 19.7 Å². The van der Waals surface area contributed by atoms with Gasteiger partial charge in [-0.2, -0.15) is 0 Å². The number of nitrogens with one attached hydrogen (secondary N) is 1. The van der Waals surface area contributed by atoms with E-state index < -0.39 is 5.79 Å². The van der Waals surface area contributed by atoms with Crippen molar-refractivity contribution in [3.05, 3.63) is 34.3 Å². The summed E-state index contributed by atoms with van der Waals surface area (Å²) in [7, 11) is 0. The van der Waals surface area contributed by atoms with Gasteiger partial charge in [0.05, 0.1) is 19.8 Å². The topological polar surface area (TPSA) is 67.9 Å². The van der Waals surface area contributed by atoms with Crippen molar-refractivity contribution in [1.29, 1.82) is 0 Å². The predicted molar refractivity (Wildman–Crippen MR) is 86.9 cm³/mol. The van der Waals surface area contributed by atoms with Crippen LogP contribution in [-0.4, -0.2) is 55.3 Å². The molecule has 2 saturated heterocycles. The highest BCUT2D eigenvalue weighted by molar-refractivity contribution is 9.10. The Bertz CT molecular complexity index is 591. The van der Waals surface area contributed by atoms with E-state index in [9.17, 15) is 9.59 Å². The van der Waals surface area contributed by atoms with Gasteiger partial charge in [0.2, 0.25) is 5.91 Å². The Morgan fingerprint density at radius 3 is 2.57 bits per heavy atom. The van der Waals surface area contributed by atoms with E-state index >= 15 is 0 Å². The van der Waals surface area contributed by atoms with Crippen LogP contribution in [0.3, 0.4) is 0 Å². The van der Waals surface area contributed by atoms with E-state index in [1.807, 2.05) is 6.07 Å². The lowest BCUT2D eigenvalue weighted by Crippen LogP contribution is -2.49. The zero-order valence-electron chi connectivity index (χ0n) is 12.7. The largest absolute Gasteiger partial charge is 0.347 e. The molecule has 1 aromatic rings. The molecule has 0 atom stereocenters. The Balaban J connectivity index is 1.47. The van der Waals surface area contributed by atoms with Crippen molar-refractivity contribution >= 4 is 27.7 Å². The molecule has 2 heterocycles. The van der Waals surface area contributed by atoms with E-state index in [4.69, 9.17) is 9.47 Å². The van der Waals surface area contributed by atoms with E-state index in [2.05, 4.69) is 21.2 Å². The van der Waals surface area contributed by atoms with Gasteiger partial charge in [0.1, 0.15) is 0 Å². The Labute approximate surface area is 143 Å². The van der Waals surface area contributed by atoms with Crippen LogP contribution in [0.5, 0.6) is 0 Å². The van der Waals surface area contributed by atoms with Crippen molar-refractivity contribution in [2.75, 3.05) is 32.8 Å². The summed E-state index contributed by atoms with van der Waals surface area (Å²) < 4.78 is 12.1. The summed E-state index contributed by atoms with van der Waals surface area (Å²) in [6.07, 6.45) is 1.36. The number of piperidine rings is 1. The van der Waals surface area contributed by atoms with E-state index in [1.165, 1.54) is 0 Å². The summed E-state index contributed by atoms with van der Waals surface area (Å²) in [5, 5.41) is 2.67. The molecule has 1 spiro atoms. The number of carbonyl (C=O) groups excluding carboxylic acids is 2. The fraction of sp³-hybridized carbons (Fsp3) is 0.500. The SMILES string of the molecule is O=C(NCC(=O)N1CCC2(CC1)OCCO2)c1cccc(Br)c1. The van der Waals surface area contributed by atoms with Crippen LogP contribution in [0, 0.1) is 0 Å².